The van der Waals surface area contributed by atoms with Gasteiger partial charge in [0.15, 0.2) is 21.7 Å². The predicted molar refractivity (Wildman–Crippen MR) is 133 cm³/mol. The van der Waals surface area contributed by atoms with E-state index >= 15 is 0 Å². The van der Waals surface area contributed by atoms with E-state index in [2.05, 4.69) is 0 Å². The number of hydrogen-bond acceptors (Lipinski definition) is 10. The molecule has 0 N–H and O–H groups in total. The van der Waals surface area contributed by atoms with E-state index in [4.69, 9.17) is 28.4 Å². The van der Waals surface area contributed by atoms with Crippen molar-refractivity contribution in [3.8, 4) is 0 Å². The maximum atomic E-state index is 5.94. The van der Waals surface area contributed by atoms with E-state index in [1.807, 2.05) is 41.5 Å². The lowest BCUT2D eigenvalue weighted by atomic mass is 10.6. The van der Waals surface area contributed by atoms with Crippen molar-refractivity contribution in [3.05, 3.63) is 0 Å². The summed E-state index contributed by atoms with van der Waals surface area (Å²) in [4.78, 5) is 0. The predicted octanol–water partition coefficient (Wildman–Crippen LogP) is 2.57. The molecule has 0 aliphatic carbocycles. The molecule has 0 amide bonds. The summed E-state index contributed by atoms with van der Waals surface area (Å²) in [6.07, 6.45) is 0. The first-order chi connectivity index (χ1) is 13.4. The Balaban J connectivity index is 4.87. The molecule has 6 nitrogen and oxygen atoms in total. The van der Waals surface area contributed by atoms with Crippen LogP contribution >= 0.6 is 41.2 Å². The highest BCUT2D eigenvalue weighted by atomic mass is 33.7. The monoisotopic (exact) mass is 510 g/mol. The minimum atomic E-state index is -0.653. The first-order valence-corrected chi connectivity index (χ1v) is 16.8. The van der Waals surface area contributed by atoms with Gasteiger partial charge in [0.1, 0.15) is 0 Å². The van der Waals surface area contributed by atoms with Crippen LogP contribution in [0.15, 0.2) is 0 Å². The Bertz CT molecular complexity index is 341. The van der Waals surface area contributed by atoms with E-state index in [0.717, 1.165) is 0 Å². The summed E-state index contributed by atoms with van der Waals surface area (Å²) in [6, 6.07) is 0. The summed E-state index contributed by atoms with van der Waals surface area (Å²) in [5, 5.41) is 0. The highest BCUT2D eigenvalue weighted by molar-refractivity contribution is 9.26. The Labute approximate surface area is 192 Å². The van der Waals surface area contributed by atoms with E-state index in [1.165, 1.54) is 0 Å². The fourth-order valence-corrected chi connectivity index (χ4v) is 12.5. The van der Waals surface area contributed by atoms with E-state index < -0.39 is 10.8 Å². The Morgan fingerprint density at radius 2 is 0.857 bits per heavy atom. The van der Waals surface area contributed by atoms with E-state index in [9.17, 15) is 0 Å². The van der Waals surface area contributed by atoms with E-state index in [-0.39, 0.29) is 10.9 Å². The molecule has 0 aliphatic heterocycles. The smallest absolute Gasteiger partial charge is 0.176 e. The van der Waals surface area contributed by atoms with Gasteiger partial charge in [-0.05, 0) is 82.8 Å². The van der Waals surface area contributed by atoms with Crippen LogP contribution in [-0.2, 0) is 28.4 Å². The van der Waals surface area contributed by atoms with Gasteiger partial charge in [0.05, 0.1) is 20.5 Å². The van der Waals surface area contributed by atoms with Gasteiger partial charge in [0, 0.05) is 39.6 Å². The maximum Gasteiger partial charge on any atom is 0.176 e. The van der Waals surface area contributed by atoms with Crippen molar-refractivity contribution >= 4 is 61.7 Å². The molecule has 0 aromatic rings. The van der Waals surface area contributed by atoms with Gasteiger partial charge in [-0.25, -0.2) is 0 Å². The van der Waals surface area contributed by atoms with Crippen molar-refractivity contribution in [1.82, 2.24) is 0 Å². The van der Waals surface area contributed by atoms with Crippen LogP contribution in [0, 0.1) is 0 Å². The van der Waals surface area contributed by atoms with Crippen molar-refractivity contribution < 1.29 is 28.4 Å². The van der Waals surface area contributed by atoms with Crippen LogP contribution in [0.5, 0.6) is 0 Å². The molecular weight excluding hydrogens is 473 g/mol. The van der Waals surface area contributed by atoms with Crippen LogP contribution in [0.1, 0.15) is 41.5 Å². The molecule has 28 heavy (non-hydrogen) atoms. The molecule has 12 heteroatoms. The van der Waals surface area contributed by atoms with Crippen LogP contribution < -0.4 is 0 Å². The molecule has 0 bridgehead atoms. The number of ether oxygens (including phenoxy) is 6. The van der Waals surface area contributed by atoms with Crippen LogP contribution in [0.2, 0.25) is 0 Å². The molecule has 0 saturated carbocycles. The summed E-state index contributed by atoms with van der Waals surface area (Å²) in [6.45, 7) is 15.5. The molecule has 0 saturated heterocycles. The molecule has 0 spiro atoms. The molecule has 2 unspecified atom stereocenters. The molecule has 2 atom stereocenters. The lowest BCUT2D eigenvalue weighted by molar-refractivity contribution is -0.211. The first-order valence-electron chi connectivity index (χ1n) is 9.81. The summed E-state index contributed by atoms with van der Waals surface area (Å²) >= 11 is 0. The molecule has 0 rings (SSSR count). The molecule has 0 aromatic heterocycles. The van der Waals surface area contributed by atoms with Gasteiger partial charge >= 0.3 is 0 Å². The Morgan fingerprint density at radius 3 is 1.07 bits per heavy atom. The van der Waals surface area contributed by atoms with Crippen molar-refractivity contribution in [2.45, 2.75) is 63.2 Å². The Kier molecular flexibility index (Phi) is 18.2. The zero-order chi connectivity index (χ0) is 21.5. The minimum Gasteiger partial charge on any atom is -0.362 e. The zero-order valence-corrected chi connectivity index (χ0v) is 25.7. The van der Waals surface area contributed by atoms with Crippen LogP contribution in [0.25, 0.3) is 0 Å². The lowest BCUT2D eigenvalue weighted by Crippen LogP contribution is -2.48. The third-order valence-corrected chi connectivity index (χ3v) is 13.3. The quantitative estimate of drug-likeness (QED) is 0.112. The Morgan fingerprint density at radius 1 is 0.571 bits per heavy atom. The van der Waals surface area contributed by atoms with Crippen molar-refractivity contribution in [2.24, 2.45) is 0 Å². The fraction of sp³-hybridized carbons (Fsp3) is 1.00. The second-order valence-electron chi connectivity index (χ2n) is 5.67. The van der Waals surface area contributed by atoms with Gasteiger partial charge in [0.2, 0.25) is 0 Å². The second-order valence-corrected chi connectivity index (χ2v) is 14.4. The normalized spacial score (nSPS) is 15.2. The van der Waals surface area contributed by atoms with Gasteiger partial charge in [-0.1, -0.05) is 0 Å². The van der Waals surface area contributed by atoms with Gasteiger partial charge < -0.3 is 28.4 Å². The standard InChI is InChI=1S/C16H38O6S4Si2/c1-7-17-13(15(27,19-9-3)20-10-4)23-25-26-24-14(18-8-2)16(28,21-11-5)22-12-6/h13-14H,7-12H2,1-6,27-28H3. The topological polar surface area (TPSA) is 55.4 Å². The number of hydrogen-bond donors (Lipinski definition) is 0. The maximum absolute atomic E-state index is 5.94. The summed E-state index contributed by atoms with van der Waals surface area (Å²) in [5.41, 5.74) is -1.68. The summed E-state index contributed by atoms with van der Waals surface area (Å²) in [7, 11) is 7.97. The number of rotatable bonds is 19. The molecule has 170 valence electrons. The molecule has 0 radical (unpaired) electrons. The largest absolute Gasteiger partial charge is 0.362 e. The molecule has 0 aliphatic rings. The Hall–Kier alpha value is 1.59. The van der Waals surface area contributed by atoms with Gasteiger partial charge in [-0.2, -0.15) is 0 Å². The van der Waals surface area contributed by atoms with Crippen molar-refractivity contribution in [1.29, 1.82) is 0 Å². The average Bonchev–Trinajstić information content (AvgIpc) is 2.64. The lowest BCUT2D eigenvalue weighted by Gasteiger charge is -2.37. The highest BCUT2D eigenvalue weighted by Crippen LogP contribution is 2.50. The third kappa shape index (κ3) is 10.8. The van der Waals surface area contributed by atoms with Crippen LogP contribution in [-0.4, -0.2) is 81.8 Å². The molecule has 0 fully saturated rings. The second kappa shape index (κ2) is 17.2. The average molecular weight is 511 g/mol. The summed E-state index contributed by atoms with van der Waals surface area (Å²) in [5.74, 6) is 0. The van der Waals surface area contributed by atoms with Crippen LogP contribution in [0.3, 0.4) is 0 Å². The SMILES string of the molecule is CCOC(SSSSC(OCC)C([SiH3])(OCC)OCC)C([SiH3])(OCC)OCC. The van der Waals surface area contributed by atoms with Gasteiger partial charge in [0.25, 0.3) is 0 Å². The molecule has 0 heterocycles. The van der Waals surface area contributed by atoms with E-state index in [1.54, 1.807) is 41.2 Å². The van der Waals surface area contributed by atoms with E-state index in [0.29, 0.717) is 60.1 Å². The fourth-order valence-electron chi connectivity index (χ4n) is 2.44. The first kappa shape index (κ1) is 29.6. The molecule has 0 aromatic carbocycles. The minimum absolute atomic E-state index is 0.188. The van der Waals surface area contributed by atoms with Gasteiger partial charge in [-0.3, -0.25) is 0 Å². The third-order valence-electron chi connectivity index (χ3n) is 3.50. The van der Waals surface area contributed by atoms with Crippen LogP contribution in [0.4, 0.5) is 0 Å². The van der Waals surface area contributed by atoms with Gasteiger partial charge in [-0.15, -0.1) is 0 Å². The van der Waals surface area contributed by atoms with Crippen molar-refractivity contribution in [3.63, 3.8) is 0 Å². The highest BCUT2D eigenvalue weighted by Gasteiger charge is 2.39. The zero-order valence-electron chi connectivity index (χ0n) is 18.5. The van der Waals surface area contributed by atoms with Crippen molar-refractivity contribution in [2.75, 3.05) is 39.6 Å². The summed E-state index contributed by atoms with van der Waals surface area (Å²) < 4.78 is 35.6. The molecular formula is C16H38O6S4Si2.